The lowest BCUT2D eigenvalue weighted by Crippen LogP contribution is -2.21. The Hall–Kier alpha value is -2.27. The molecule has 2 rings (SSSR count). The van der Waals surface area contributed by atoms with Crippen molar-refractivity contribution in [1.82, 2.24) is 4.98 Å². The van der Waals surface area contributed by atoms with Gasteiger partial charge in [0, 0.05) is 24.5 Å². The van der Waals surface area contributed by atoms with E-state index in [2.05, 4.69) is 29.0 Å². The molecular weight excluding hydrogens is 300 g/mol. The first-order valence-electron chi connectivity index (χ1n) is 7.13. The Balaban J connectivity index is 2.24. The van der Waals surface area contributed by atoms with Crippen molar-refractivity contribution >= 4 is 34.7 Å². The van der Waals surface area contributed by atoms with E-state index in [0.29, 0.717) is 16.5 Å². The van der Waals surface area contributed by atoms with Gasteiger partial charge in [0.15, 0.2) is 0 Å². The summed E-state index contributed by atoms with van der Waals surface area (Å²) in [4.78, 5) is 17.8. The molecule has 0 unspecified atom stereocenters. The van der Waals surface area contributed by atoms with Crippen LogP contribution < -0.4 is 16.0 Å². The number of nitrogens with one attached hydrogen (secondary N) is 1. The number of nitrogens with two attached hydrogens (primary N) is 1. The number of halogens is 1. The average Bonchev–Trinajstić information content (AvgIpc) is 2.50. The summed E-state index contributed by atoms with van der Waals surface area (Å²) in [6.07, 6.45) is 0. The molecular formula is C16H19ClN4O. The Morgan fingerprint density at radius 1 is 1.18 bits per heavy atom. The van der Waals surface area contributed by atoms with Crippen LogP contribution in [0, 0.1) is 0 Å². The zero-order chi connectivity index (χ0) is 16.1. The van der Waals surface area contributed by atoms with Crippen molar-refractivity contribution in [1.29, 1.82) is 0 Å². The topological polar surface area (TPSA) is 71.2 Å². The van der Waals surface area contributed by atoms with E-state index in [-0.39, 0.29) is 0 Å². The van der Waals surface area contributed by atoms with Gasteiger partial charge in [-0.15, -0.1) is 0 Å². The van der Waals surface area contributed by atoms with Crippen LogP contribution in [-0.2, 0) is 0 Å². The highest BCUT2D eigenvalue weighted by atomic mass is 35.5. The molecule has 5 nitrogen and oxygen atoms in total. The van der Waals surface area contributed by atoms with Crippen LogP contribution in [0.2, 0.25) is 5.15 Å². The van der Waals surface area contributed by atoms with Crippen molar-refractivity contribution < 1.29 is 4.79 Å². The highest BCUT2D eigenvalue weighted by Gasteiger charge is 2.11. The predicted octanol–water partition coefficient (Wildman–Crippen LogP) is 3.42. The molecule has 0 aliphatic rings. The lowest BCUT2D eigenvalue weighted by Gasteiger charge is -2.21. The molecule has 3 N–H and O–H groups in total. The Morgan fingerprint density at radius 3 is 2.36 bits per heavy atom. The Bertz CT molecular complexity index is 654. The third kappa shape index (κ3) is 3.68. The molecule has 0 fully saturated rings. The van der Waals surface area contributed by atoms with Crippen LogP contribution in [0.25, 0.3) is 0 Å². The maximum atomic E-state index is 11.4. The standard InChI is InChI=1S/C16H19ClN4O/c1-3-21(4-2)12-7-5-11(6-8-12)19-16-13(15(18)22)9-10-14(17)20-16/h5-10H,3-4H2,1-2H3,(H2,18,22)(H,19,20). The summed E-state index contributed by atoms with van der Waals surface area (Å²) < 4.78 is 0. The largest absolute Gasteiger partial charge is 0.372 e. The SMILES string of the molecule is CCN(CC)c1ccc(Nc2nc(Cl)ccc2C(N)=O)cc1. The molecule has 0 saturated carbocycles. The molecule has 0 spiro atoms. The number of hydrogen-bond donors (Lipinski definition) is 2. The summed E-state index contributed by atoms with van der Waals surface area (Å²) in [5, 5.41) is 3.38. The van der Waals surface area contributed by atoms with Gasteiger partial charge in [-0.05, 0) is 50.2 Å². The number of primary amides is 1. The number of amides is 1. The minimum absolute atomic E-state index is 0.298. The van der Waals surface area contributed by atoms with Gasteiger partial charge in [0.1, 0.15) is 11.0 Å². The average molecular weight is 319 g/mol. The van der Waals surface area contributed by atoms with E-state index in [0.717, 1.165) is 24.5 Å². The number of hydrogen-bond acceptors (Lipinski definition) is 4. The summed E-state index contributed by atoms with van der Waals surface area (Å²) >= 11 is 5.88. The van der Waals surface area contributed by atoms with Gasteiger partial charge < -0.3 is 16.0 Å². The lowest BCUT2D eigenvalue weighted by atomic mass is 10.2. The van der Waals surface area contributed by atoms with Gasteiger partial charge in [-0.25, -0.2) is 4.98 Å². The van der Waals surface area contributed by atoms with Crippen LogP contribution in [0.4, 0.5) is 17.2 Å². The second-order valence-electron chi connectivity index (χ2n) is 4.74. The van der Waals surface area contributed by atoms with E-state index >= 15 is 0 Å². The number of anilines is 3. The normalized spacial score (nSPS) is 10.3. The van der Waals surface area contributed by atoms with E-state index in [9.17, 15) is 4.79 Å². The Morgan fingerprint density at radius 2 is 1.82 bits per heavy atom. The zero-order valence-electron chi connectivity index (χ0n) is 12.6. The predicted molar refractivity (Wildman–Crippen MR) is 91.1 cm³/mol. The van der Waals surface area contributed by atoms with Crippen LogP contribution >= 0.6 is 11.6 Å². The molecule has 1 aromatic carbocycles. The van der Waals surface area contributed by atoms with Crippen LogP contribution in [0.3, 0.4) is 0 Å². The minimum atomic E-state index is -0.550. The highest BCUT2D eigenvalue weighted by molar-refractivity contribution is 6.29. The van der Waals surface area contributed by atoms with E-state index in [1.165, 1.54) is 6.07 Å². The number of carbonyl (C=O) groups is 1. The van der Waals surface area contributed by atoms with Crippen molar-refractivity contribution in [3.63, 3.8) is 0 Å². The van der Waals surface area contributed by atoms with Crippen LogP contribution in [0.1, 0.15) is 24.2 Å². The van der Waals surface area contributed by atoms with Gasteiger partial charge in [-0.2, -0.15) is 0 Å². The van der Waals surface area contributed by atoms with Crippen LogP contribution in [0.5, 0.6) is 0 Å². The summed E-state index contributed by atoms with van der Waals surface area (Å²) in [6, 6.07) is 11.0. The molecule has 0 aliphatic heterocycles. The quantitative estimate of drug-likeness (QED) is 0.800. The first-order chi connectivity index (χ1) is 10.5. The van der Waals surface area contributed by atoms with Crippen LogP contribution in [-0.4, -0.2) is 24.0 Å². The smallest absolute Gasteiger partial charge is 0.252 e. The summed E-state index contributed by atoms with van der Waals surface area (Å²) in [5.74, 6) is -0.193. The number of aromatic nitrogens is 1. The molecule has 0 aliphatic carbocycles. The summed E-state index contributed by atoms with van der Waals surface area (Å²) in [6.45, 7) is 6.13. The third-order valence-corrected chi connectivity index (χ3v) is 3.60. The molecule has 1 aromatic heterocycles. The molecule has 1 heterocycles. The van der Waals surface area contributed by atoms with Gasteiger partial charge in [-0.3, -0.25) is 4.79 Å². The molecule has 116 valence electrons. The maximum Gasteiger partial charge on any atom is 0.252 e. The third-order valence-electron chi connectivity index (χ3n) is 3.39. The van der Waals surface area contributed by atoms with Crippen LogP contribution in [0.15, 0.2) is 36.4 Å². The van der Waals surface area contributed by atoms with E-state index in [1.807, 2.05) is 24.3 Å². The number of carbonyl (C=O) groups excluding carboxylic acids is 1. The van der Waals surface area contributed by atoms with E-state index in [4.69, 9.17) is 17.3 Å². The maximum absolute atomic E-state index is 11.4. The molecule has 2 aromatic rings. The fourth-order valence-electron chi connectivity index (χ4n) is 2.21. The molecule has 0 bridgehead atoms. The molecule has 22 heavy (non-hydrogen) atoms. The summed E-state index contributed by atoms with van der Waals surface area (Å²) in [5.41, 5.74) is 7.61. The molecule has 0 radical (unpaired) electrons. The molecule has 0 saturated heterocycles. The fourth-order valence-corrected chi connectivity index (χ4v) is 2.36. The van der Waals surface area contributed by atoms with Crippen molar-refractivity contribution in [3.05, 3.63) is 47.1 Å². The van der Waals surface area contributed by atoms with Crippen molar-refractivity contribution in [3.8, 4) is 0 Å². The van der Waals surface area contributed by atoms with Gasteiger partial charge in [0.25, 0.3) is 5.91 Å². The van der Waals surface area contributed by atoms with Gasteiger partial charge in [0.2, 0.25) is 0 Å². The van der Waals surface area contributed by atoms with Gasteiger partial charge in [0.05, 0.1) is 5.56 Å². The first-order valence-corrected chi connectivity index (χ1v) is 7.51. The second-order valence-corrected chi connectivity index (χ2v) is 5.13. The van der Waals surface area contributed by atoms with Gasteiger partial charge in [-0.1, -0.05) is 11.6 Å². The number of benzene rings is 1. The van der Waals surface area contributed by atoms with E-state index < -0.39 is 5.91 Å². The van der Waals surface area contributed by atoms with Gasteiger partial charge >= 0.3 is 0 Å². The zero-order valence-corrected chi connectivity index (χ0v) is 13.4. The molecule has 1 amide bonds. The fraction of sp³-hybridized carbons (Fsp3) is 0.250. The van der Waals surface area contributed by atoms with E-state index in [1.54, 1.807) is 6.07 Å². The van der Waals surface area contributed by atoms with Crippen molar-refractivity contribution in [2.24, 2.45) is 5.73 Å². The highest BCUT2D eigenvalue weighted by Crippen LogP contribution is 2.23. The lowest BCUT2D eigenvalue weighted by molar-refractivity contribution is 0.100. The second kappa shape index (κ2) is 7.13. The molecule has 6 heteroatoms. The number of rotatable bonds is 6. The Kier molecular flexibility index (Phi) is 5.22. The minimum Gasteiger partial charge on any atom is -0.372 e. The summed E-state index contributed by atoms with van der Waals surface area (Å²) in [7, 11) is 0. The van der Waals surface area contributed by atoms with Crippen molar-refractivity contribution in [2.45, 2.75) is 13.8 Å². The molecule has 0 atom stereocenters. The van der Waals surface area contributed by atoms with Crippen molar-refractivity contribution in [2.75, 3.05) is 23.3 Å². The number of pyridine rings is 1. The first kappa shape index (κ1) is 16.1. The Labute approximate surface area is 135 Å². The number of nitrogens with zero attached hydrogens (tertiary/aromatic N) is 2. The monoisotopic (exact) mass is 318 g/mol.